The van der Waals surface area contributed by atoms with Crippen LogP contribution in [-0.4, -0.2) is 0 Å². The van der Waals surface area contributed by atoms with Crippen LogP contribution in [0.5, 0.6) is 0 Å². The number of halogens is 1. The first kappa shape index (κ1) is 10.6. The third-order valence-corrected chi connectivity index (χ3v) is 3.62. The fourth-order valence-corrected chi connectivity index (χ4v) is 2.62. The van der Waals surface area contributed by atoms with Crippen LogP contribution in [0.15, 0.2) is 54.6 Å². The lowest BCUT2D eigenvalue weighted by Gasteiger charge is -2.17. The molecule has 0 aliphatic heterocycles. The van der Waals surface area contributed by atoms with E-state index in [1.54, 1.807) is 0 Å². The van der Waals surface area contributed by atoms with Gasteiger partial charge >= 0.3 is 0 Å². The maximum atomic E-state index is 6.24. The van der Waals surface area contributed by atoms with E-state index in [1.807, 2.05) is 18.2 Å². The number of fused-ring (bicyclic) bond motifs is 1. The SMILES string of the molecule is Clc1ccccc1C1=CCc2ccccc2C1. The highest BCUT2D eigenvalue weighted by Crippen LogP contribution is 2.31. The van der Waals surface area contributed by atoms with E-state index in [4.69, 9.17) is 11.6 Å². The van der Waals surface area contributed by atoms with E-state index in [-0.39, 0.29) is 0 Å². The van der Waals surface area contributed by atoms with Gasteiger partial charge in [0, 0.05) is 5.02 Å². The molecule has 0 saturated carbocycles. The van der Waals surface area contributed by atoms with Gasteiger partial charge in [-0.05, 0) is 41.2 Å². The molecule has 0 spiro atoms. The molecule has 0 N–H and O–H groups in total. The van der Waals surface area contributed by atoms with E-state index in [0.29, 0.717) is 0 Å². The lowest BCUT2D eigenvalue weighted by atomic mass is 9.88. The Labute approximate surface area is 107 Å². The van der Waals surface area contributed by atoms with Gasteiger partial charge in [-0.1, -0.05) is 60.1 Å². The second-order valence-electron chi connectivity index (χ2n) is 4.36. The van der Waals surface area contributed by atoms with Crippen LogP contribution in [0.1, 0.15) is 16.7 Å². The van der Waals surface area contributed by atoms with Gasteiger partial charge in [-0.2, -0.15) is 0 Å². The lowest BCUT2D eigenvalue weighted by molar-refractivity contribution is 1.11. The quantitative estimate of drug-likeness (QED) is 0.688. The van der Waals surface area contributed by atoms with E-state index in [9.17, 15) is 0 Å². The number of benzene rings is 2. The first-order chi connectivity index (χ1) is 8.34. The fraction of sp³-hybridized carbons (Fsp3) is 0.125. The van der Waals surface area contributed by atoms with Crippen molar-refractivity contribution in [2.45, 2.75) is 12.8 Å². The summed E-state index contributed by atoms with van der Waals surface area (Å²) in [6.07, 6.45) is 4.29. The minimum Gasteiger partial charge on any atom is -0.0837 e. The lowest BCUT2D eigenvalue weighted by Crippen LogP contribution is -2.02. The molecular weight excluding hydrogens is 228 g/mol. The minimum absolute atomic E-state index is 0.845. The predicted molar refractivity (Wildman–Crippen MR) is 73.3 cm³/mol. The topological polar surface area (TPSA) is 0 Å². The van der Waals surface area contributed by atoms with Crippen molar-refractivity contribution in [1.29, 1.82) is 0 Å². The molecule has 0 atom stereocenters. The molecule has 2 aromatic carbocycles. The third-order valence-electron chi connectivity index (χ3n) is 3.29. The Morgan fingerprint density at radius 2 is 1.53 bits per heavy atom. The maximum Gasteiger partial charge on any atom is 0.0481 e. The third kappa shape index (κ3) is 2.01. The molecule has 0 amide bonds. The van der Waals surface area contributed by atoms with Crippen LogP contribution in [0.25, 0.3) is 5.57 Å². The Kier molecular flexibility index (Phi) is 2.74. The molecule has 0 bridgehead atoms. The number of rotatable bonds is 1. The molecule has 3 rings (SSSR count). The Hall–Kier alpha value is -1.53. The molecule has 1 aliphatic rings. The molecule has 17 heavy (non-hydrogen) atoms. The maximum absolute atomic E-state index is 6.24. The molecular formula is C16H13Cl. The van der Waals surface area contributed by atoms with Crippen molar-refractivity contribution in [3.63, 3.8) is 0 Å². The zero-order valence-corrected chi connectivity index (χ0v) is 10.2. The van der Waals surface area contributed by atoms with Crippen molar-refractivity contribution in [2.24, 2.45) is 0 Å². The Morgan fingerprint density at radius 1 is 0.824 bits per heavy atom. The summed E-state index contributed by atoms with van der Waals surface area (Å²) >= 11 is 6.24. The highest BCUT2D eigenvalue weighted by molar-refractivity contribution is 6.32. The Morgan fingerprint density at radius 3 is 2.35 bits per heavy atom. The summed E-state index contributed by atoms with van der Waals surface area (Å²) in [6, 6.07) is 16.7. The summed E-state index contributed by atoms with van der Waals surface area (Å²) in [5, 5.41) is 0.845. The summed E-state index contributed by atoms with van der Waals surface area (Å²) in [6.45, 7) is 0. The normalized spacial score (nSPS) is 14.1. The second kappa shape index (κ2) is 4.38. The monoisotopic (exact) mass is 240 g/mol. The summed E-state index contributed by atoms with van der Waals surface area (Å²) in [7, 11) is 0. The van der Waals surface area contributed by atoms with Gasteiger partial charge in [0.2, 0.25) is 0 Å². The van der Waals surface area contributed by atoms with Gasteiger partial charge in [0.25, 0.3) is 0 Å². The van der Waals surface area contributed by atoms with Gasteiger partial charge in [0.15, 0.2) is 0 Å². The standard InChI is InChI=1S/C16H13Cl/c17-16-8-4-3-7-15(16)14-10-9-12-5-1-2-6-13(12)11-14/h1-8,10H,9,11H2. The highest BCUT2D eigenvalue weighted by Gasteiger charge is 2.13. The van der Waals surface area contributed by atoms with E-state index in [2.05, 4.69) is 36.4 Å². The largest absolute Gasteiger partial charge is 0.0837 e. The molecule has 0 nitrogen and oxygen atoms in total. The molecule has 0 aromatic heterocycles. The number of hydrogen-bond donors (Lipinski definition) is 0. The second-order valence-corrected chi connectivity index (χ2v) is 4.77. The Bertz CT molecular complexity index is 582. The molecule has 0 heterocycles. The van der Waals surface area contributed by atoms with Gasteiger partial charge in [0.1, 0.15) is 0 Å². The van der Waals surface area contributed by atoms with Gasteiger partial charge in [-0.3, -0.25) is 0 Å². The number of allylic oxidation sites excluding steroid dienone is 2. The van der Waals surface area contributed by atoms with Crippen molar-refractivity contribution in [1.82, 2.24) is 0 Å². The first-order valence-corrected chi connectivity index (χ1v) is 6.23. The van der Waals surface area contributed by atoms with Gasteiger partial charge in [0.05, 0.1) is 0 Å². The van der Waals surface area contributed by atoms with Crippen molar-refractivity contribution < 1.29 is 0 Å². The molecule has 84 valence electrons. The first-order valence-electron chi connectivity index (χ1n) is 5.85. The molecule has 0 unspecified atom stereocenters. The smallest absolute Gasteiger partial charge is 0.0481 e. The summed E-state index contributed by atoms with van der Waals surface area (Å²) in [5.41, 5.74) is 5.37. The summed E-state index contributed by atoms with van der Waals surface area (Å²) < 4.78 is 0. The predicted octanol–water partition coefficient (Wildman–Crippen LogP) is 4.52. The molecule has 0 radical (unpaired) electrons. The molecule has 2 aromatic rings. The van der Waals surface area contributed by atoms with E-state index >= 15 is 0 Å². The van der Waals surface area contributed by atoms with Gasteiger partial charge < -0.3 is 0 Å². The van der Waals surface area contributed by atoms with Crippen molar-refractivity contribution in [3.05, 3.63) is 76.3 Å². The van der Waals surface area contributed by atoms with Crippen LogP contribution in [0.4, 0.5) is 0 Å². The zero-order chi connectivity index (χ0) is 11.7. The van der Waals surface area contributed by atoms with Gasteiger partial charge in [-0.15, -0.1) is 0 Å². The summed E-state index contributed by atoms with van der Waals surface area (Å²) in [4.78, 5) is 0. The van der Waals surface area contributed by atoms with Crippen LogP contribution >= 0.6 is 11.6 Å². The van der Waals surface area contributed by atoms with Crippen LogP contribution in [0.2, 0.25) is 5.02 Å². The van der Waals surface area contributed by atoms with E-state index in [0.717, 1.165) is 17.9 Å². The molecule has 0 fully saturated rings. The summed E-state index contributed by atoms with van der Waals surface area (Å²) in [5.74, 6) is 0. The van der Waals surface area contributed by atoms with Crippen LogP contribution in [0.3, 0.4) is 0 Å². The molecule has 1 heteroatoms. The average Bonchev–Trinajstić information content (AvgIpc) is 2.39. The fourth-order valence-electron chi connectivity index (χ4n) is 2.37. The highest BCUT2D eigenvalue weighted by atomic mass is 35.5. The molecule has 0 saturated heterocycles. The van der Waals surface area contributed by atoms with Crippen LogP contribution < -0.4 is 0 Å². The Balaban J connectivity index is 1.99. The van der Waals surface area contributed by atoms with Gasteiger partial charge in [-0.25, -0.2) is 0 Å². The minimum atomic E-state index is 0.845. The number of hydrogen-bond acceptors (Lipinski definition) is 0. The van der Waals surface area contributed by atoms with Crippen LogP contribution in [-0.2, 0) is 12.8 Å². The van der Waals surface area contributed by atoms with Crippen LogP contribution in [0, 0.1) is 0 Å². The van der Waals surface area contributed by atoms with Crippen molar-refractivity contribution in [3.8, 4) is 0 Å². The van der Waals surface area contributed by atoms with Crippen molar-refractivity contribution >= 4 is 17.2 Å². The zero-order valence-electron chi connectivity index (χ0n) is 9.49. The molecule has 1 aliphatic carbocycles. The average molecular weight is 241 g/mol. The van der Waals surface area contributed by atoms with Crippen molar-refractivity contribution in [2.75, 3.05) is 0 Å². The van der Waals surface area contributed by atoms with E-state index in [1.165, 1.54) is 22.3 Å². The van der Waals surface area contributed by atoms with E-state index < -0.39 is 0 Å².